The third kappa shape index (κ3) is 8.74. The Morgan fingerprint density at radius 3 is 2.41 bits per heavy atom. The number of carbonyl (C=O) groups is 2. The highest BCUT2D eigenvalue weighted by atomic mass is 32.2. The summed E-state index contributed by atoms with van der Waals surface area (Å²) in [6.45, 7) is 14.8. The van der Waals surface area contributed by atoms with E-state index in [0.717, 1.165) is 16.7 Å². The number of hydrogen-bond donors (Lipinski definition) is 2. The average Bonchev–Trinajstić information content (AvgIpc) is 2.67. The highest BCUT2D eigenvalue weighted by Crippen LogP contribution is 2.25. The Hall–Kier alpha value is -3.01. The molecule has 0 aliphatic rings. The van der Waals surface area contributed by atoms with Crippen molar-refractivity contribution in [1.82, 2.24) is 14.4 Å². The summed E-state index contributed by atoms with van der Waals surface area (Å²) < 4.78 is 8.84. The van der Waals surface area contributed by atoms with Crippen LogP contribution >= 0.6 is 11.9 Å². The molecule has 34 heavy (non-hydrogen) atoms. The van der Waals surface area contributed by atoms with Crippen molar-refractivity contribution in [1.29, 1.82) is 0 Å². The van der Waals surface area contributed by atoms with Crippen LogP contribution in [-0.2, 0) is 9.53 Å². The number of aromatic nitrogens is 2. The first-order valence-electron chi connectivity index (χ1n) is 11.0. The minimum absolute atomic E-state index is 0.0385. The molecule has 0 saturated carbocycles. The monoisotopic (exact) mass is 490 g/mol. The van der Waals surface area contributed by atoms with Gasteiger partial charge in [0, 0.05) is 16.5 Å². The zero-order chi connectivity index (χ0) is 25.7. The lowest BCUT2D eigenvalue weighted by Crippen LogP contribution is -2.36. The molecule has 0 unspecified atom stereocenters. The van der Waals surface area contributed by atoms with Crippen molar-refractivity contribution in [2.24, 2.45) is 5.41 Å². The van der Waals surface area contributed by atoms with E-state index in [1.165, 1.54) is 6.20 Å². The summed E-state index contributed by atoms with van der Waals surface area (Å²) in [5.74, 6) is -0.450. The molecule has 186 valence electrons. The van der Waals surface area contributed by atoms with Gasteiger partial charge in [0.2, 0.25) is 0 Å². The molecule has 2 rings (SSSR count). The van der Waals surface area contributed by atoms with Crippen molar-refractivity contribution < 1.29 is 19.2 Å². The molecule has 1 heterocycles. The fraction of sp³-hybridized carbons (Fsp3) is 0.500. The van der Waals surface area contributed by atoms with Crippen LogP contribution in [-0.4, -0.2) is 33.4 Å². The van der Waals surface area contributed by atoms with Gasteiger partial charge in [-0.1, -0.05) is 32.9 Å². The highest BCUT2D eigenvalue weighted by Gasteiger charge is 2.22. The van der Waals surface area contributed by atoms with Crippen molar-refractivity contribution in [2.45, 2.75) is 78.3 Å². The molecule has 0 aliphatic carbocycles. The summed E-state index contributed by atoms with van der Waals surface area (Å²) in [6, 6.07) is 7.03. The van der Waals surface area contributed by atoms with Gasteiger partial charge in [-0.15, -0.1) is 4.73 Å². The maximum absolute atomic E-state index is 13.1. The molecule has 1 aromatic carbocycles. The van der Waals surface area contributed by atoms with Gasteiger partial charge in [0.1, 0.15) is 11.3 Å². The summed E-state index contributed by atoms with van der Waals surface area (Å²) in [4.78, 5) is 48.1. The van der Waals surface area contributed by atoms with Crippen molar-refractivity contribution in [3.05, 3.63) is 40.8 Å². The Labute approximate surface area is 204 Å². The Bertz CT molecular complexity index is 1080. The first-order chi connectivity index (χ1) is 15.6. The average molecular weight is 491 g/mol. The predicted octanol–water partition coefficient (Wildman–Crippen LogP) is 4.65. The minimum atomic E-state index is -0.614. The predicted molar refractivity (Wildman–Crippen MR) is 134 cm³/mol. The second kappa shape index (κ2) is 10.9. The van der Waals surface area contributed by atoms with E-state index in [1.807, 2.05) is 34.6 Å². The Morgan fingerprint density at radius 1 is 1.15 bits per heavy atom. The zero-order valence-electron chi connectivity index (χ0n) is 21.0. The molecule has 2 aromatic rings. The molecular weight excluding hydrogens is 456 g/mol. The number of benzene rings is 1. The lowest BCUT2D eigenvalue weighted by Gasteiger charge is -2.20. The zero-order valence-corrected chi connectivity index (χ0v) is 21.8. The molecular formula is C24H34N4O5S. The topological polar surface area (TPSA) is 112 Å². The van der Waals surface area contributed by atoms with Crippen LogP contribution < -0.4 is 20.4 Å². The summed E-state index contributed by atoms with van der Waals surface area (Å²) in [5.41, 5.74) is -0.604. The second-order valence-electron chi connectivity index (χ2n) is 10.3. The number of amides is 1. The van der Waals surface area contributed by atoms with Crippen LogP contribution in [0, 0.1) is 5.41 Å². The normalized spacial score (nSPS) is 11.8. The van der Waals surface area contributed by atoms with E-state index < -0.39 is 23.2 Å². The maximum Gasteiger partial charge on any atom is 0.418 e. The fourth-order valence-electron chi connectivity index (χ4n) is 2.78. The number of carbonyl (C=O) groups excluding carboxylic acids is 2. The molecule has 0 aliphatic heterocycles. The van der Waals surface area contributed by atoms with Gasteiger partial charge in [-0.3, -0.25) is 9.52 Å². The van der Waals surface area contributed by atoms with Gasteiger partial charge in [0.15, 0.2) is 5.82 Å². The van der Waals surface area contributed by atoms with Crippen LogP contribution in [0.3, 0.4) is 0 Å². The minimum Gasteiger partial charge on any atom is -0.443 e. The number of ether oxygens (including phenoxy) is 1. The van der Waals surface area contributed by atoms with Gasteiger partial charge in [-0.2, -0.15) is 0 Å². The quantitative estimate of drug-likeness (QED) is 0.539. The van der Waals surface area contributed by atoms with E-state index in [2.05, 4.69) is 15.0 Å². The maximum atomic E-state index is 13.1. The molecule has 0 fully saturated rings. The third-order valence-corrected chi connectivity index (χ3v) is 4.75. The van der Waals surface area contributed by atoms with Crippen LogP contribution in [0.4, 0.5) is 10.6 Å². The van der Waals surface area contributed by atoms with Crippen molar-refractivity contribution in [2.75, 3.05) is 5.32 Å². The first-order valence-corrected chi connectivity index (χ1v) is 11.8. The lowest BCUT2D eigenvalue weighted by molar-refractivity contribution is -0.146. The van der Waals surface area contributed by atoms with Gasteiger partial charge in [0.05, 0.1) is 12.6 Å². The van der Waals surface area contributed by atoms with Crippen LogP contribution in [0.15, 0.2) is 40.2 Å². The molecule has 0 saturated heterocycles. The van der Waals surface area contributed by atoms with Crippen molar-refractivity contribution in [3.8, 4) is 11.3 Å². The molecule has 1 amide bonds. The molecule has 0 atom stereocenters. The second-order valence-corrected chi connectivity index (χ2v) is 11.2. The van der Waals surface area contributed by atoms with E-state index in [1.54, 1.807) is 45.0 Å². The summed E-state index contributed by atoms with van der Waals surface area (Å²) in [5, 5.41) is 2.98. The van der Waals surface area contributed by atoms with Crippen molar-refractivity contribution in [3.63, 3.8) is 0 Å². The van der Waals surface area contributed by atoms with Gasteiger partial charge in [-0.25, -0.2) is 14.6 Å². The van der Waals surface area contributed by atoms with Gasteiger partial charge >= 0.3 is 17.6 Å². The van der Waals surface area contributed by atoms with Crippen LogP contribution in [0.25, 0.3) is 11.3 Å². The summed E-state index contributed by atoms with van der Waals surface area (Å²) >= 11 is 1.07. The summed E-state index contributed by atoms with van der Waals surface area (Å²) in [7, 11) is 0. The fourth-order valence-corrected chi connectivity index (χ4v) is 3.35. The van der Waals surface area contributed by atoms with E-state index in [4.69, 9.17) is 9.57 Å². The van der Waals surface area contributed by atoms with E-state index in [0.29, 0.717) is 16.2 Å². The number of nitrogens with zero attached hydrogens (tertiary/aromatic N) is 2. The van der Waals surface area contributed by atoms with E-state index in [9.17, 15) is 14.4 Å². The number of rotatable bonds is 7. The van der Waals surface area contributed by atoms with Gasteiger partial charge < -0.3 is 14.9 Å². The molecule has 0 spiro atoms. The van der Waals surface area contributed by atoms with Gasteiger partial charge in [0.25, 0.3) is 0 Å². The van der Waals surface area contributed by atoms with Gasteiger partial charge in [-0.05, 0) is 64.1 Å². The highest BCUT2D eigenvalue weighted by molar-refractivity contribution is 7.98. The Kier molecular flexibility index (Phi) is 8.77. The number of nitrogens with one attached hydrogen (secondary N) is 2. The standard InChI is InChI=1S/C24H34N4O5S/c1-15(2)26-20-21(30)28(33-19(29)13-23(3,4)5)18(14-25-20)16-10-9-11-17(12-16)34-27-22(31)32-24(6,7)8/h9-12,14-15H,13H2,1-8H3,(H,25,26)(H,27,31). The molecule has 10 heteroatoms. The smallest absolute Gasteiger partial charge is 0.418 e. The van der Waals surface area contributed by atoms with E-state index >= 15 is 0 Å². The first kappa shape index (κ1) is 27.2. The molecule has 9 nitrogen and oxygen atoms in total. The lowest BCUT2D eigenvalue weighted by atomic mass is 9.93. The van der Waals surface area contributed by atoms with E-state index in [-0.39, 0.29) is 23.7 Å². The van der Waals surface area contributed by atoms with Crippen LogP contribution in [0.5, 0.6) is 0 Å². The SMILES string of the molecule is CC(C)Nc1ncc(-c2cccc(SNC(=O)OC(C)(C)C)c2)n(OC(=O)CC(C)(C)C)c1=O. The summed E-state index contributed by atoms with van der Waals surface area (Å²) in [6.07, 6.45) is 1.03. The molecule has 2 N–H and O–H groups in total. The Balaban J connectivity index is 2.38. The third-order valence-electron chi connectivity index (χ3n) is 4.00. The van der Waals surface area contributed by atoms with Crippen LogP contribution in [0.2, 0.25) is 0 Å². The van der Waals surface area contributed by atoms with Crippen LogP contribution in [0.1, 0.15) is 61.8 Å². The molecule has 0 radical (unpaired) electrons. The Morgan fingerprint density at radius 2 is 1.82 bits per heavy atom. The number of hydrogen-bond acceptors (Lipinski definition) is 8. The molecule has 1 aromatic heterocycles. The van der Waals surface area contributed by atoms with Crippen molar-refractivity contribution >= 4 is 29.8 Å². The largest absolute Gasteiger partial charge is 0.443 e. The number of anilines is 1. The molecule has 0 bridgehead atoms.